The highest BCUT2D eigenvalue weighted by molar-refractivity contribution is 4.99. The van der Waals surface area contributed by atoms with E-state index in [1.165, 1.54) is 70.9 Å². The molecule has 0 aromatic rings. The first-order valence-electron chi connectivity index (χ1n) is 9.59. The molecular weight excluding hydrogens is 256 g/mol. The average molecular weight is 295 g/mol. The van der Waals surface area contributed by atoms with E-state index in [0.29, 0.717) is 11.5 Å². The molecular formula is C19H38N2. The van der Waals surface area contributed by atoms with E-state index >= 15 is 0 Å². The third kappa shape index (κ3) is 4.22. The van der Waals surface area contributed by atoms with Crippen LogP contribution in [0.1, 0.15) is 85.5 Å². The predicted octanol–water partition coefficient (Wildman–Crippen LogP) is 4.59. The van der Waals surface area contributed by atoms with Crippen LogP contribution in [-0.2, 0) is 0 Å². The van der Waals surface area contributed by atoms with Crippen molar-refractivity contribution in [3.8, 4) is 0 Å². The summed E-state index contributed by atoms with van der Waals surface area (Å²) in [5.74, 6) is 0. The van der Waals surface area contributed by atoms with Gasteiger partial charge in [0.2, 0.25) is 0 Å². The van der Waals surface area contributed by atoms with Crippen molar-refractivity contribution in [1.29, 1.82) is 0 Å². The third-order valence-corrected chi connectivity index (χ3v) is 5.98. The first kappa shape index (κ1) is 17.3. The van der Waals surface area contributed by atoms with Crippen LogP contribution in [0.2, 0.25) is 0 Å². The Morgan fingerprint density at radius 3 is 2.57 bits per heavy atom. The van der Waals surface area contributed by atoms with Crippen LogP contribution in [0.4, 0.5) is 0 Å². The third-order valence-electron chi connectivity index (χ3n) is 5.98. The monoisotopic (exact) mass is 294 g/mol. The van der Waals surface area contributed by atoms with Gasteiger partial charge in [-0.1, -0.05) is 47.0 Å². The van der Waals surface area contributed by atoms with E-state index in [1.54, 1.807) is 0 Å². The topological polar surface area (TPSA) is 15.3 Å². The lowest BCUT2D eigenvalue weighted by atomic mass is 9.70. The Morgan fingerprint density at radius 1 is 1.05 bits per heavy atom. The van der Waals surface area contributed by atoms with Gasteiger partial charge in [0.1, 0.15) is 0 Å². The lowest BCUT2D eigenvalue weighted by Crippen LogP contribution is -2.60. The maximum atomic E-state index is 3.93. The summed E-state index contributed by atoms with van der Waals surface area (Å²) in [4.78, 5) is 2.92. The molecule has 0 aromatic heterocycles. The molecule has 3 unspecified atom stereocenters. The van der Waals surface area contributed by atoms with Gasteiger partial charge in [-0.25, -0.2) is 0 Å². The maximum Gasteiger partial charge on any atom is 0.0274 e. The van der Waals surface area contributed by atoms with Crippen molar-refractivity contribution in [1.82, 2.24) is 10.2 Å². The van der Waals surface area contributed by atoms with Crippen LogP contribution in [0.15, 0.2) is 0 Å². The molecule has 2 aliphatic rings. The van der Waals surface area contributed by atoms with Crippen LogP contribution >= 0.6 is 0 Å². The van der Waals surface area contributed by atoms with Gasteiger partial charge in [-0.15, -0.1) is 0 Å². The Morgan fingerprint density at radius 2 is 1.86 bits per heavy atom. The number of hydrogen-bond acceptors (Lipinski definition) is 2. The van der Waals surface area contributed by atoms with Crippen molar-refractivity contribution in [2.24, 2.45) is 5.41 Å². The largest absolute Gasteiger partial charge is 0.312 e. The predicted molar refractivity (Wildman–Crippen MR) is 92.8 cm³/mol. The highest BCUT2D eigenvalue weighted by Crippen LogP contribution is 2.39. The second-order valence-corrected chi connectivity index (χ2v) is 8.03. The van der Waals surface area contributed by atoms with Gasteiger partial charge >= 0.3 is 0 Å². The van der Waals surface area contributed by atoms with E-state index < -0.39 is 0 Å². The van der Waals surface area contributed by atoms with Crippen LogP contribution in [0.25, 0.3) is 0 Å². The van der Waals surface area contributed by atoms with Crippen molar-refractivity contribution in [2.45, 2.75) is 104 Å². The van der Waals surface area contributed by atoms with Gasteiger partial charge in [0.05, 0.1) is 0 Å². The fraction of sp³-hybridized carbons (Fsp3) is 1.00. The van der Waals surface area contributed by atoms with Gasteiger partial charge in [-0.05, 0) is 57.0 Å². The van der Waals surface area contributed by atoms with Crippen LogP contribution in [0, 0.1) is 5.41 Å². The average Bonchev–Trinajstić information content (AvgIpc) is 2.70. The van der Waals surface area contributed by atoms with E-state index in [4.69, 9.17) is 0 Å². The van der Waals surface area contributed by atoms with Gasteiger partial charge in [-0.3, -0.25) is 4.90 Å². The standard InChI is InChI=1S/C19H38N2/c1-5-14-20-18-17(12-10-13-19(18,3)4)21-15-9-7-8-11-16(21)6-2/h16-18,20H,5-15H2,1-4H3. The molecule has 3 atom stereocenters. The lowest BCUT2D eigenvalue weighted by Gasteiger charge is -2.50. The minimum absolute atomic E-state index is 0.447. The quantitative estimate of drug-likeness (QED) is 0.798. The molecule has 0 bridgehead atoms. The van der Waals surface area contributed by atoms with E-state index in [9.17, 15) is 0 Å². The summed E-state index contributed by atoms with van der Waals surface area (Å²) in [6.07, 6.45) is 12.5. The zero-order valence-corrected chi connectivity index (χ0v) is 15.0. The molecule has 2 rings (SSSR count). The van der Waals surface area contributed by atoms with E-state index in [0.717, 1.165) is 12.1 Å². The molecule has 1 aliphatic carbocycles. The zero-order valence-electron chi connectivity index (χ0n) is 15.0. The molecule has 0 aromatic carbocycles. The number of likely N-dealkylation sites (tertiary alicyclic amines) is 1. The highest BCUT2D eigenvalue weighted by Gasteiger charge is 2.42. The van der Waals surface area contributed by atoms with E-state index in [-0.39, 0.29) is 0 Å². The van der Waals surface area contributed by atoms with Crippen molar-refractivity contribution in [2.75, 3.05) is 13.1 Å². The van der Waals surface area contributed by atoms with Gasteiger partial charge < -0.3 is 5.32 Å². The minimum Gasteiger partial charge on any atom is -0.312 e. The molecule has 1 saturated heterocycles. The molecule has 1 saturated carbocycles. The smallest absolute Gasteiger partial charge is 0.0274 e. The Kier molecular flexibility index (Phi) is 6.55. The molecule has 2 heteroatoms. The van der Waals surface area contributed by atoms with Gasteiger partial charge in [0, 0.05) is 18.1 Å². The van der Waals surface area contributed by atoms with Crippen molar-refractivity contribution in [3.05, 3.63) is 0 Å². The second-order valence-electron chi connectivity index (χ2n) is 8.03. The van der Waals surface area contributed by atoms with Crippen LogP contribution in [0.3, 0.4) is 0 Å². The van der Waals surface area contributed by atoms with Crippen molar-refractivity contribution >= 4 is 0 Å². The molecule has 0 amide bonds. The zero-order chi connectivity index (χ0) is 15.3. The normalized spacial score (nSPS) is 34.6. The van der Waals surface area contributed by atoms with Crippen LogP contribution < -0.4 is 5.32 Å². The molecule has 21 heavy (non-hydrogen) atoms. The first-order valence-corrected chi connectivity index (χ1v) is 9.59. The fourth-order valence-corrected chi connectivity index (χ4v) is 4.75. The summed E-state index contributed by atoms with van der Waals surface area (Å²) in [5.41, 5.74) is 0.447. The van der Waals surface area contributed by atoms with Gasteiger partial charge in [0.25, 0.3) is 0 Å². The number of rotatable bonds is 5. The van der Waals surface area contributed by atoms with E-state index in [2.05, 4.69) is 37.9 Å². The molecule has 1 heterocycles. The summed E-state index contributed by atoms with van der Waals surface area (Å²) < 4.78 is 0. The molecule has 0 radical (unpaired) electrons. The number of nitrogens with one attached hydrogen (secondary N) is 1. The maximum absolute atomic E-state index is 3.93. The molecule has 2 fully saturated rings. The molecule has 2 nitrogen and oxygen atoms in total. The Hall–Kier alpha value is -0.0800. The molecule has 1 aliphatic heterocycles. The van der Waals surface area contributed by atoms with Crippen LogP contribution in [-0.4, -0.2) is 36.1 Å². The molecule has 1 N–H and O–H groups in total. The van der Waals surface area contributed by atoms with Crippen molar-refractivity contribution in [3.63, 3.8) is 0 Å². The molecule has 124 valence electrons. The fourth-order valence-electron chi connectivity index (χ4n) is 4.75. The summed E-state index contributed by atoms with van der Waals surface area (Å²) in [6.45, 7) is 12.2. The second kappa shape index (κ2) is 7.97. The van der Waals surface area contributed by atoms with E-state index in [1.807, 2.05) is 0 Å². The Balaban J connectivity index is 2.15. The Bertz CT molecular complexity index is 300. The lowest BCUT2D eigenvalue weighted by molar-refractivity contribution is 0.0231. The number of nitrogens with zero attached hydrogens (tertiary/aromatic N) is 1. The molecule has 0 spiro atoms. The number of hydrogen-bond donors (Lipinski definition) is 1. The highest BCUT2D eigenvalue weighted by atomic mass is 15.2. The van der Waals surface area contributed by atoms with Gasteiger partial charge in [0.15, 0.2) is 0 Å². The van der Waals surface area contributed by atoms with Crippen LogP contribution in [0.5, 0.6) is 0 Å². The van der Waals surface area contributed by atoms with Gasteiger partial charge in [-0.2, -0.15) is 0 Å². The summed E-state index contributed by atoms with van der Waals surface area (Å²) in [5, 5.41) is 3.93. The Labute approximate surface area is 133 Å². The minimum atomic E-state index is 0.447. The SMILES string of the molecule is CCCNC1C(N2CCCCCC2CC)CCCC1(C)C. The van der Waals surface area contributed by atoms with Crippen molar-refractivity contribution < 1.29 is 0 Å². The summed E-state index contributed by atoms with van der Waals surface area (Å²) in [7, 11) is 0. The summed E-state index contributed by atoms with van der Waals surface area (Å²) in [6, 6.07) is 2.28. The first-order chi connectivity index (χ1) is 10.1. The summed E-state index contributed by atoms with van der Waals surface area (Å²) >= 11 is 0.